The third-order valence-corrected chi connectivity index (χ3v) is 5.18. The smallest absolute Gasteiger partial charge is 0.279 e. The van der Waals surface area contributed by atoms with E-state index in [1.54, 1.807) is 13.0 Å². The van der Waals surface area contributed by atoms with Crippen molar-refractivity contribution in [1.29, 1.82) is 0 Å². The van der Waals surface area contributed by atoms with Gasteiger partial charge in [-0.3, -0.25) is 19.8 Å². The number of rotatable bonds is 4. The molecule has 3 amide bonds. The van der Waals surface area contributed by atoms with Crippen molar-refractivity contribution in [2.45, 2.75) is 45.0 Å². The molecule has 132 valence electrons. The highest BCUT2D eigenvalue weighted by atomic mass is 16.5. The molecular weight excluding hydrogens is 324 g/mol. The molecule has 3 saturated heterocycles. The predicted octanol–water partition coefficient (Wildman–Crippen LogP) is 0.956. The molecule has 3 aliphatic heterocycles. The van der Waals surface area contributed by atoms with E-state index in [-0.39, 0.29) is 24.0 Å². The van der Waals surface area contributed by atoms with Crippen molar-refractivity contribution >= 4 is 17.7 Å². The summed E-state index contributed by atoms with van der Waals surface area (Å²) in [6.45, 7) is 3.50. The summed E-state index contributed by atoms with van der Waals surface area (Å²) in [5, 5.41) is 0.863. The number of imide groups is 1. The average molecular weight is 344 g/mol. The van der Waals surface area contributed by atoms with Crippen LogP contribution in [0.5, 0.6) is 5.75 Å². The van der Waals surface area contributed by atoms with Crippen LogP contribution in [-0.4, -0.2) is 41.0 Å². The molecule has 0 unspecified atom stereocenters. The molecule has 0 radical (unpaired) electrons. The Hall–Kier alpha value is -2.41. The number of nitrogens with zero attached hydrogens (tertiary/aromatic N) is 1. The topological polar surface area (TPSA) is 84.9 Å². The molecule has 3 heterocycles. The van der Waals surface area contributed by atoms with E-state index in [0.717, 1.165) is 23.4 Å². The van der Waals surface area contributed by atoms with Crippen LogP contribution < -0.4 is 10.2 Å². The lowest BCUT2D eigenvalue weighted by Crippen LogP contribution is -2.51. The summed E-state index contributed by atoms with van der Waals surface area (Å²) in [6.07, 6.45) is 0.346. The summed E-state index contributed by atoms with van der Waals surface area (Å²) in [7, 11) is 0. The summed E-state index contributed by atoms with van der Waals surface area (Å²) >= 11 is 0. The van der Waals surface area contributed by atoms with Gasteiger partial charge in [0.05, 0.1) is 24.0 Å². The molecule has 0 spiro atoms. The fraction of sp³-hybridized carbons (Fsp3) is 0.500. The van der Waals surface area contributed by atoms with E-state index in [4.69, 9.17) is 9.47 Å². The van der Waals surface area contributed by atoms with Gasteiger partial charge in [-0.1, -0.05) is 12.1 Å². The van der Waals surface area contributed by atoms with E-state index in [0.29, 0.717) is 5.75 Å². The molecule has 1 N–H and O–H groups in total. The van der Waals surface area contributed by atoms with Gasteiger partial charge in [-0.05, 0) is 44.4 Å². The van der Waals surface area contributed by atoms with Crippen LogP contribution in [-0.2, 0) is 19.1 Å². The third kappa shape index (κ3) is 2.59. The third-order valence-electron chi connectivity index (χ3n) is 5.18. The van der Waals surface area contributed by atoms with Crippen LogP contribution in [0.3, 0.4) is 0 Å². The van der Waals surface area contributed by atoms with Crippen molar-refractivity contribution in [3.63, 3.8) is 0 Å². The monoisotopic (exact) mass is 344 g/mol. The maximum Gasteiger partial charge on any atom is 0.279 e. The molecule has 4 rings (SSSR count). The molecule has 1 aromatic rings. The van der Waals surface area contributed by atoms with Crippen LogP contribution in [0.1, 0.15) is 25.3 Å². The Bertz CT molecular complexity index is 721. The number of aryl methyl sites for hydroxylation is 1. The van der Waals surface area contributed by atoms with Crippen LogP contribution in [0.2, 0.25) is 0 Å². The first kappa shape index (κ1) is 16.1. The van der Waals surface area contributed by atoms with Gasteiger partial charge in [-0.25, -0.2) is 0 Å². The Morgan fingerprint density at radius 1 is 1.24 bits per heavy atom. The van der Waals surface area contributed by atoms with Crippen molar-refractivity contribution < 1.29 is 23.9 Å². The molecule has 3 aliphatic rings. The molecule has 25 heavy (non-hydrogen) atoms. The minimum absolute atomic E-state index is 0.200. The number of hydrogen-bond donors (Lipinski definition) is 1. The Labute approximate surface area is 145 Å². The van der Waals surface area contributed by atoms with Crippen molar-refractivity contribution in [2.24, 2.45) is 11.8 Å². The molecule has 5 atom stereocenters. The molecule has 7 heteroatoms. The summed E-state index contributed by atoms with van der Waals surface area (Å²) in [5.74, 6) is -1.64. The summed E-state index contributed by atoms with van der Waals surface area (Å²) in [6, 6.07) is 7.33. The molecule has 2 bridgehead atoms. The lowest BCUT2D eigenvalue weighted by Gasteiger charge is -2.21. The Morgan fingerprint density at radius 3 is 2.48 bits per heavy atom. The molecule has 0 aromatic heterocycles. The number of benzene rings is 1. The fourth-order valence-electron chi connectivity index (χ4n) is 3.97. The number of hydrogen-bond acceptors (Lipinski definition) is 5. The number of hydrazine groups is 1. The average Bonchev–Trinajstić information content (AvgIpc) is 3.24. The minimum Gasteiger partial charge on any atom is -0.481 e. The van der Waals surface area contributed by atoms with Gasteiger partial charge < -0.3 is 9.47 Å². The predicted molar refractivity (Wildman–Crippen MR) is 86.1 cm³/mol. The molecule has 0 aliphatic carbocycles. The normalized spacial score (nSPS) is 31.2. The first-order valence-electron chi connectivity index (χ1n) is 8.53. The largest absolute Gasteiger partial charge is 0.481 e. The van der Waals surface area contributed by atoms with Crippen molar-refractivity contribution in [3.8, 4) is 5.75 Å². The standard InChI is InChI=1S/C18H20N2O5/c1-9-4-3-5-11(8-9)24-10(2)16(21)19-20-17(22)14-12-6-7-13(25-12)15(14)18(20)23/h3-5,8,10,12-15H,6-7H2,1-2H3,(H,19,21)/t10-,12-,13+,14+,15+/m1/s1. The SMILES string of the molecule is Cc1cccc(O[C@H](C)C(=O)NN2C(=O)[C@@H]3[C@@H](C2=O)[C@H]2CC[C@@H]3O2)c1. The van der Waals surface area contributed by atoms with Gasteiger partial charge >= 0.3 is 0 Å². The summed E-state index contributed by atoms with van der Waals surface area (Å²) in [5.41, 5.74) is 3.44. The first-order chi connectivity index (χ1) is 12.0. The zero-order chi connectivity index (χ0) is 17.7. The van der Waals surface area contributed by atoms with E-state index < -0.39 is 23.8 Å². The van der Waals surface area contributed by atoms with Crippen molar-refractivity contribution in [1.82, 2.24) is 10.4 Å². The number of fused-ring (bicyclic) bond motifs is 5. The van der Waals surface area contributed by atoms with Gasteiger partial charge in [-0.15, -0.1) is 0 Å². The zero-order valence-corrected chi connectivity index (χ0v) is 14.1. The van der Waals surface area contributed by atoms with E-state index in [1.165, 1.54) is 0 Å². The fourth-order valence-corrected chi connectivity index (χ4v) is 3.97. The van der Waals surface area contributed by atoms with Crippen LogP contribution >= 0.6 is 0 Å². The number of ether oxygens (including phenoxy) is 2. The lowest BCUT2D eigenvalue weighted by atomic mass is 9.81. The number of carbonyl (C=O) groups is 3. The Kier molecular flexibility index (Phi) is 3.76. The van der Waals surface area contributed by atoms with Crippen molar-refractivity contribution in [2.75, 3.05) is 0 Å². The Balaban J connectivity index is 1.42. The van der Waals surface area contributed by atoms with Crippen molar-refractivity contribution in [3.05, 3.63) is 29.8 Å². The minimum atomic E-state index is -0.837. The first-order valence-corrected chi connectivity index (χ1v) is 8.53. The van der Waals surface area contributed by atoms with Gasteiger partial charge in [0.25, 0.3) is 17.7 Å². The highest BCUT2D eigenvalue weighted by Crippen LogP contribution is 2.48. The van der Waals surface area contributed by atoms with Gasteiger partial charge in [-0.2, -0.15) is 5.01 Å². The molecule has 3 fully saturated rings. The zero-order valence-electron chi connectivity index (χ0n) is 14.1. The van der Waals surface area contributed by atoms with Gasteiger partial charge in [0, 0.05) is 0 Å². The van der Waals surface area contributed by atoms with Gasteiger partial charge in [0.15, 0.2) is 6.10 Å². The van der Waals surface area contributed by atoms with E-state index in [1.807, 2.05) is 25.1 Å². The van der Waals surface area contributed by atoms with Crippen LogP contribution in [0.25, 0.3) is 0 Å². The lowest BCUT2D eigenvalue weighted by molar-refractivity contribution is -0.153. The number of nitrogens with one attached hydrogen (secondary N) is 1. The van der Waals surface area contributed by atoms with Crippen LogP contribution in [0.15, 0.2) is 24.3 Å². The number of amides is 3. The molecule has 7 nitrogen and oxygen atoms in total. The maximum atomic E-state index is 12.5. The van der Waals surface area contributed by atoms with Gasteiger partial charge in [0.2, 0.25) is 0 Å². The quantitative estimate of drug-likeness (QED) is 0.822. The molecular formula is C18H20N2O5. The van der Waals surface area contributed by atoms with Gasteiger partial charge in [0.1, 0.15) is 5.75 Å². The second-order valence-electron chi connectivity index (χ2n) is 6.91. The van der Waals surface area contributed by atoms with E-state index in [9.17, 15) is 14.4 Å². The highest BCUT2D eigenvalue weighted by molar-refractivity contribution is 6.07. The maximum absolute atomic E-state index is 12.5. The van der Waals surface area contributed by atoms with Crippen LogP contribution in [0, 0.1) is 18.8 Å². The molecule has 0 saturated carbocycles. The summed E-state index contributed by atoms with van der Waals surface area (Å²) in [4.78, 5) is 37.4. The molecule has 1 aromatic carbocycles. The number of carbonyl (C=O) groups excluding carboxylic acids is 3. The second-order valence-corrected chi connectivity index (χ2v) is 6.91. The highest BCUT2D eigenvalue weighted by Gasteiger charge is 2.63. The Morgan fingerprint density at radius 2 is 1.88 bits per heavy atom. The summed E-state index contributed by atoms with van der Waals surface area (Å²) < 4.78 is 11.3. The van der Waals surface area contributed by atoms with E-state index in [2.05, 4.69) is 5.43 Å². The van der Waals surface area contributed by atoms with Crippen LogP contribution in [0.4, 0.5) is 0 Å². The second kappa shape index (κ2) is 5.84. The van der Waals surface area contributed by atoms with E-state index >= 15 is 0 Å².